The molecule has 0 saturated carbocycles. The number of methoxy groups -OCH3 is 1. The Hall–Kier alpha value is -2.10. The lowest BCUT2D eigenvalue weighted by molar-refractivity contribution is -0.324. The number of rotatable bonds is 7. The van der Waals surface area contributed by atoms with Crippen molar-refractivity contribution in [3.8, 4) is 5.75 Å². The molecule has 2 fully saturated rings. The van der Waals surface area contributed by atoms with Gasteiger partial charge in [0.1, 0.15) is 29.5 Å². The molecule has 2 aliphatic rings. The molecule has 172 valence electrons. The van der Waals surface area contributed by atoms with Gasteiger partial charge in [0.25, 0.3) is 0 Å². The molecule has 2 heterocycles. The van der Waals surface area contributed by atoms with Crippen LogP contribution in [0.15, 0.2) is 54.6 Å². The molecule has 6 atom stereocenters. The summed E-state index contributed by atoms with van der Waals surface area (Å²) in [5.74, 6) is 0.389. The molecule has 4 rings (SSSR count). The predicted octanol–water partition coefficient (Wildman–Crippen LogP) is 3.71. The van der Waals surface area contributed by atoms with Gasteiger partial charge < -0.3 is 28.4 Å². The first-order valence-electron chi connectivity index (χ1n) is 10.5. The Morgan fingerprint density at radius 3 is 2.47 bits per heavy atom. The van der Waals surface area contributed by atoms with Crippen LogP contribution in [0.3, 0.4) is 0 Å². The Kier molecular flexibility index (Phi) is 7.70. The zero-order chi connectivity index (χ0) is 22.5. The third-order valence-electron chi connectivity index (χ3n) is 5.49. The lowest BCUT2D eigenvalue weighted by Gasteiger charge is -2.48. The van der Waals surface area contributed by atoms with Crippen LogP contribution in [0.4, 0.5) is 0 Å². The van der Waals surface area contributed by atoms with Gasteiger partial charge in [0.05, 0.1) is 20.3 Å². The number of carbonyl (C=O) groups is 1. The standard InChI is InChI=1S/C24H28O7S/c1-15(25)29-21-20-19(14-28-23(31-20)17-7-5-4-6-8-17)30-24(32-3)22(21)27-13-16-9-11-18(26-2)12-10-16/h4-12,19-24H,13-14H2,1-3H3/t19-,20-,21+,22+,23?,24-/m1/s1. The number of hydrogen-bond acceptors (Lipinski definition) is 8. The maximum atomic E-state index is 12.0. The summed E-state index contributed by atoms with van der Waals surface area (Å²) in [6.45, 7) is 2.07. The van der Waals surface area contributed by atoms with E-state index in [1.54, 1.807) is 7.11 Å². The summed E-state index contributed by atoms with van der Waals surface area (Å²) in [6, 6.07) is 17.3. The summed E-state index contributed by atoms with van der Waals surface area (Å²) in [5.41, 5.74) is 1.54. The maximum absolute atomic E-state index is 12.0. The fourth-order valence-corrected chi connectivity index (χ4v) is 4.69. The van der Waals surface area contributed by atoms with E-state index in [1.165, 1.54) is 18.7 Å². The van der Waals surface area contributed by atoms with E-state index in [-0.39, 0.29) is 17.5 Å². The largest absolute Gasteiger partial charge is 0.497 e. The lowest BCUT2D eigenvalue weighted by Crippen LogP contribution is -2.62. The second-order valence-electron chi connectivity index (χ2n) is 7.65. The van der Waals surface area contributed by atoms with Gasteiger partial charge in [-0.2, -0.15) is 0 Å². The third-order valence-corrected chi connectivity index (χ3v) is 6.34. The molecule has 0 aromatic heterocycles. The van der Waals surface area contributed by atoms with Crippen molar-refractivity contribution in [2.24, 2.45) is 0 Å². The van der Waals surface area contributed by atoms with Gasteiger partial charge in [0.15, 0.2) is 12.4 Å². The molecule has 0 amide bonds. The Bertz CT molecular complexity index is 876. The minimum atomic E-state index is -0.628. The average molecular weight is 461 g/mol. The van der Waals surface area contributed by atoms with Crippen LogP contribution in [0.2, 0.25) is 0 Å². The second-order valence-corrected chi connectivity index (χ2v) is 8.59. The molecule has 8 heteroatoms. The van der Waals surface area contributed by atoms with Crippen LogP contribution in [0, 0.1) is 0 Å². The second kappa shape index (κ2) is 10.7. The molecule has 7 nitrogen and oxygen atoms in total. The number of esters is 1. The fourth-order valence-electron chi connectivity index (χ4n) is 3.93. The van der Waals surface area contributed by atoms with E-state index in [0.717, 1.165) is 16.9 Å². The summed E-state index contributed by atoms with van der Waals surface area (Å²) in [4.78, 5) is 12.0. The highest BCUT2D eigenvalue weighted by molar-refractivity contribution is 7.99. The van der Waals surface area contributed by atoms with Crippen molar-refractivity contribution in [2.75, 3.05) is 20.0 Å². The number of thioether (sulfide) groups is 1. The zero-order valence-electron chi connectivity index (χ0n) is 18.3. The van der Waals surface area contributed by atoms with Gasteiger partial charge in [0, 0.05) is 12.5 Å². The first kappa shape index (κ1) is 23.1. The van der Waals surface area contributed by atoms with Crippen LogP contribution in [0.25, 0.3) is 0 Å². The topological polar surface area (TPSA) is 72.5 Å². The highest BCUT2D eigenvalue weighted by atomic mass is 32.2. The molecule has 0 N–H and O–H groups in total. The SMILES string of the molecule is COc1ccc(CO[C@H]2[C@@H](OC(C)=O)[C@@H]3OC(c4ccccc4)OC[C@H]3O[C@@H]2SC)cc1. The Morgan fingerprint density at radius 1 is 1.06 bits per heavy atom. The van der Waals surface area contributed by atoms with Gasteiger partial charge in [-0.15, -0.1) is 11.8 Å². The van der Waals surface area contributed by atoms with Crippen molar-refractivity contribution in [1.82, 2.24) is 0 Å². The van der Waals surface area contributed by atoms with Crippen molar-refractivity contribution in [2.45, 2.75) is 49.7 Å². The average Bonchev–Trinajstić information content (AvgIpc) is 2.83. The molecule has 1 unspecified atom stereocenters. The maximum Gasteiger partial charge on any atom is 0.303 e. The molecule has 0 radical (unpaired) electrons. The van der Waals surface area contributed by atoms with Crippen LogP contribution in [-0.4, -0.2) is 55.8 Å². The van der Waals surface area contributed by atoms with Crippen LogP contribution in [-0.2, 0) is 35.1 Å². The monoisotopic (exact) mass is 460 g/mol. The molecular weight excluding hydrogens is 432 g/mol. The summed E-state index contributed by atoms with van der Waals surface area (Å²) in [6.07, 6.45) is -0.632. The summed E-state index contributed by atoms with van der Waals surface area (Å²) in [5, 5.41) is 0. The molecule has 0 spiro atoms. The predicted molar refractivity (Wildman–Crippen MR) is 119 cm³/mol. The minimum Gasteiger partial charge on any atom is -0.497 e. The van der Waals surface area contributed by atoms with Crippen LogP contribution in [0.1, 0.15) is 24.3 Å². The zero-order valence-corrected chi connectivity index (χ0v) is 19.2. The van der Waals surface area contributed by atoms with Gasteiger partial charge in [0.2, 0.25) is 0 Å². The first-order chi connectivity index (χ1) is 15.6. The first-order valence-corrected chi connectivity index (χ1v) is 11.8. The van der Waals surface area contributed by atoms with Crippen molar-refractivity contribution in [1.29, 1.82) is 0 Å². The van der Waals surface area contributed by atoms with Gasteiger partial charge >= 0.3 is 5.97 Å². The van der Waals surface area contributed by atoms with E-state index in [4.69, 9.17) is 28.4 Å². The summed E-state index contributed by atoms with van der Waals surface area (Å²) >= 11 is 1.51. The third kappa shape index (κ3) is 5.27. The molecule has 2 aromatic carbocycles. The molecule has 0 bridgehead atoms. The van der Waals surface area contributed by atoms with E-state index in [1.807, 2.05) is 60.9 Å². The Labute approximate surface area is 192 Å². The molecule has 2 saturated heterocycles. The van der Waals surface area contributed by atoms with Gasteiger partial charge in [-0.05, 0) is 24.0 Å². The Balaban J connectivity index is 1.53. The van der Waals surface area contributed by atoms with Crippen molar-refractivity contribution >= 4 is 17.7 Å². The quantitative estimate of drug-likeness (QED) is 0.579. The number of fused-ring (bicyclic) bond motifs is 1. The van der Waals surface area contributed by atoms with Gasteiger partial charge in [-0.3, -0.25) is 4.79 Å². The minimum absolute atomic E-state index is 0.334. The van der Waals surface area contributed by atoms with Crippen molar-refractivity contribution < 1.29 is 33.2 Å². The van der Waals surface area contributed by atoms with E-state index < -0.39 is 24.6 Å². The van der Waals surface area contributed by atoms with E-state index >= 15 is 0 Å². The normalized spacial score (nSPS) is 29.7. The van der Waals surface area contributed by atoms with Crippen molar-refractivity contribution in [3.05, 3.63) is 65.7 Å². The van der Waals surface area contributed by atoms with Crippen LogP contribution >= 0.6 is 11.8 Å². The smallest absolute Gasteiger partial charge is 0.303 e. The van der Waals surface area contributed by atoms with Gasteiger partial charge in [-0.25, -0.2) is 0 Å². The molecule has 2 aliphatic heterocycles. The van der Waals surface area contributed by atoms with E-state index in [0.29, 0.717) is 13.2 Å². The molecule has 0 aliphatic carbocycles. The number of hydrogen-bond donors (Lipinski definition) is 0. The van der Waals surface area contributed by atoms with E-state index in [2.05, 4.69) is 0 Å². The number of benzene rings is 2. The molecule has 32 heavy (non-hydrogen) atoms. The Morgan fingerprint density at radius 2 is 1.81 bits per heavy atom. The fraction of sp³-hybridized carbons (Fsp3) is 0.458. The lowest BCUT2D eigenvalue weighted by atomic mass is 9.98. The molecule has 2 aromatic rings. The summed E-state index contributed by atoms with van der Waals surface area (Å²) < 4.78 is 35.7. The van der Waals surface area contributed by atoms with Crippen molar-refractivity contribution in [3.63, 3.8) is 0 Å². The highest BCUT2D eigenvalue weighted by Crippen LogP contribution is 2.39. The van der Waals surface area contributed by atoms with E-state index in [9.17, 15) is 4.79 Å². The van der Waals surface area contributed by atoms with Gasteiger partial charge in [-0.1, -0.05) is 42.5 Å². The molecular formula is C24H28O7S. The summed E-state index contributed by atoms with van der Waals surface area (Å²) in [7, 11) is 1.63. The highest BCUT2D eigenvalue weighted by Gasteiger charge is 2.52. The van der Waals surface area contributed by atoms with Crippen LogP contribution < -0.4 is 4.74 Å². The number of ether oxygens (including phenoxy) is 6. The number of carbonyl (C=O) groups excluding carboxylic acids is 1. The van der Waals surface area contributed by atoms with Crippen LogP contribution in [0.5, 0.6) is 5.75 Å².